The SMILES string of the molecule is CC[C@@H]1C[C@@H](C)CC/C=C\C2C[C@@]2(C(=O)NS(=O)(=O)C2(C)CC2)NC(=O)[C@@H]2C[C@@H](Oc3nccc4cc(OC)c(Cl)cc34)CN2C(=O)[C@H]1NC(=O)OC(C)(C)C(F)(F)F. The van der Waals surface area contributed by atoms with Crippen molar-refractivity contribution in [2.45, 2.75) is 126 Å². The lowest BCUT2D eigenvalue weighted by Crippen LogP contribution is -2.60. The van der Waals surface area contributed by atoms with Gasteiger partial charge in [-0.25, -0.2) is 18.2 Å². The summed E-state index contributed by atoms with van der Waals surface area (Å²) in [6.45, 7) is 6.42. The van der Waals surface area contributed by atoms with E-state index in [1.54, 1.807) is 31.2 Å². The number of carbonyl (C=O) groups excluding carboxylic acids is 4. The Hall–Kier alpha value is -4.32. The number of nitrogens with one attached hydrogen (secondary N) is 3. The maximum Gasteiger partial charge on any atom is 0.427 e. The highest BCUT2D eigenvalue weighted by Crippen LogP contribution is 2.48. The van der Waals surface area contributed by atoms with E-state index >= 15 is 0 Å². The summed E-state index contributed by atoms with van der Waals surface area (Å²) in [5, 5.41) is 6.66. The molecular formula is C40H51ClF3N5O9S. The number of fused-ring (bicyclic) bond motifs is 3. The number of pyridine rings is 1. The Bertz CT molecular complexity index is 2130. The molecule has 3 heterocycles. The first-order valence-electron chi connectivity index (χ1n) is 19.8. The van der Waals surface area contributed by atoms with E-state index in [2.05, 4.69) is 20.3 Å². The van der Waals surface area contributed by atoms with Gasteiger partial charge in [0.15, 0.2) is 0 Å². The second-order valence-corrected chi connectivity index (χ2v) is 19.6. The Morgan fingerprint density at radius 2 is 1.86 bits per heavy atom. The zero-order valence-electron chi connectivity index (χ0n) is 33.8. The van der Waals surface area contributed by atoms with Crippen molar-refractivity contribution in [3.63, 3.8) is 0 Å². The maximum atomic E-state index is 14.9. The van der Waals surface area contributed by atoms with Crippen molar-refractivity contribution in [3.05, 3.63) is 41.6 Å². The molecule has 0 radical (unpaired) electrons. The summed E-state index contributed by atoms with van der Waals surface area (Å²) in [6.07, 6.45) is 0.404. The molecule has 19 heteroatoms. The average Bonchev–Trinajstić information content (AvgIpc) is 4.03. The lowest BCUT2D eigenvalue weighted by Gasteiger charge is -2.35. The fourth-order valence-corrected chi connectivity index (χ4v) is 9.37. The van der Waals surface area contributed by atoms with E-state index in [0.717, 1.165) is 0 Å². The van der Waals surface area contributed by atoms with Crippen molar-refractivity contribution >= 4 is 56.2 Å². The number of aromatic nitrogens is 1. The van der Waals surface area contributed by atoms with Gasteiger partial charge in [0.05, 0.1) is 23.4 Å². The Morgan fingerprint density at radius 3 is 2.51 bits per heavy atom. The van der Waals surface area contributed by atoms with E-state index in [1.165, 1.54) is 25.1 Å². The predicted molar refractivity (Wildman–Crippen MR) is 211 cm³/mol. The average molecular weight is 870 g/mol. The minimum absolute atomic E-state index is 0.0424. The number of hydrogen-bond donors (Lipinski definition) is 3. The van der Waals surface area contributed by atoms with Crippen LogP contribution >= 0.6 is 11.6 Å². The summed E-state index contributed by atoms with van der Waals surface area (Å²) in [6, 6.07) is 2.23. The zero-order valence-corrected chi connectivity index (χ0v) is 35.4. The molecule has 4 aliphatic rings. The molecule has 324 valence electrons. The largest absolute Gasteiger partial charge is 0.495 e. The van der Waals surface area contributed by atoms with Crippen LogP contribution in [0.5, 0.6) is 11.6 Å². The lowest BCUT2D eigenvalue weighted by molar-refractivity contribution is -0.244. The van der Waals surface area contributed by atoms with Crippen LogP contribution in [-0.2, 0) is 29.1 Å². The minimum Gasteiger partial charge on any atom is -0.495 e. The van der Waals surface area contributed by atoms with E-state index in [0.29, 0.717) is 68.9 Å². The first kappa shape index (κ1) is 44.2. The fourth-order valence-electron chi connectivity index (χ4n) is 7.82. The third-order valence-corrected chi connectivity index (χ3v) is 14.6. The number of methoxy groups -OCH3 is 1. The highest BCUT2D eigenvalue weighted by molar-refractivity contribution is 7.91. The second-order valence-electron chi connectivity index (χ2n) is 17.0. The highest BCUT2D eigenvalue weighted by atomic mass is 35.5. The predicted octanol–water partition coefficient (Wildman–Crippen LogP) is 5.96. The number of benzene rings is 1. The lowest BCUT2D eigenvalue weighted by atomic mass is 9.85. The van der Waals surface area contributed by atoms with Crippen molar-refractivity contribution in [2.75, 3.05) is 13.7 Å². The standard InChI is InChI=1S/C40H51ClF3N5O9S/c1-7-23-16-22(2)10-8-9-11-25-20-39(25,35(52)48-59(54,55)38(5)13-14-38)47-32(50)29-18-26(57-33-27-19-28(41)30(56-6)17-24(27)12-15-45-33)21-49(29)34(51)31(23)46-36(53)58-37(3,4)40(42,43)44/h9,11-12,15,17,19,22-23,25-26,29,31H,7-8,10,13-14,16,18,20-21H2,1-6H3,(H,46,53)(H,47,50)(H,48,52)/b11-9-/t22-,23+,25?,26+,29-,31-,39+/m0/s1. The molecule has 59 heavy (non-hydrogen) atoms. The van der Waals surface area contributed by atoms with Crippen LogP contribution in [0.4, 0.5) is 18.0 Å². The topological polar surface area (TPSA) is 182 Å². The molecule has 6 rings (SSSR count). The van der Waals surface area contributed by atoms with Crippen molar-refractivity contribution in [2.24, 2.45) is 17.8 Å². The number of carbonyl (C=O) groups is 4. The van der Waals surface area contributed by atoms with Crippen LogP contribution in [-0.4, -0.2) is 96.0 Å². The number of halogens is 4. The molecule has 3 fully saturated rings. The summed E-state index contributed by atoms with van der Waals surface area (Å²) >= 11 is 6.45. The van der Waals surface area contributed by atoms with Crippen LogP contribution in [0.3, 0.4) is 0 Å². The van der Waals surface area contributed by atoms with Crippen molar-refractivity contribution in [1.82, 2.24) is 25.2 Å². The monoisotopic (exact) mass is 869 g/mol. The number of nitrogens with zero attached hydrogens (tertiary/aromatic N) is 2. The van der Waals surface area contributed by atoms with E-state index in [-0.39, 0.29) is 36.2 Å². The van der Waals surface area contributed by atoms with Gasteiger partial charge in [0.1, 0.15) is 29.5 Å². The molecule has 1 saturated heterocycles. The molecule has 14 nitrogen and oxygen atoms in total. The Balaban J connectivity index is 1.38. The highest BCUT2D eigenvalue weighted by Gasteiger charge is 2.63. The van der Waals surface area contributed by atoms with Gasteiger partial charge < -0.3 is 29.7 Å². The van der Waals surface area contributed by atoms with E-state index in [9.17, 15) is 40.8 Å². The van der Waals surface area contributed by atoms with Gasteiger partial charge in [-0.1, -0.05) is 44.0 Å². The molecule has 2 aromatic rings. The number of ether oxygens (including phenoxy) is 3. The molecule has 4 amide bonds. The van der Waals surface area contributed by atoms with Crippen molar-refractivity contribution in [3.8, 4) is 11.6 Å². The first-order chi connectivity index (χ1) is 27.5. The Labute approximate surface area is 346 Å². The molecule has 1 aromatic heterocycles. The molecule has 2 aliphatic heterocycles. The third-order valence-electron chi connectivity index (χ3n) is 12.2. The van der Waals surface area contributed by atoms with Gasteiger partial charge in [-0.05, 0) is 94.7 Å². The summed E-state index contributed by atoms with van der Waals surface area (Å²) in [7, 11) is -2.62. The van der Waals surface area contributed by atoms with Crippen LogP contribution < -0.4 is 24.8 Å². The summed E-state index contributed by atoms with van der Waals surface area (Å²) in [4.78, 5) is 62.2. The van der Waals surface area contributed by atoms with Crippen LogP contribution in [0, 0.1) is 17.8 Å². The molecule has 1 aromatic carbocycles. The van der Waals surface area contributed by atoms with Crippen LogP contribution in [0.25, 0.3) is 10.8 Å². The number of alkyl carbamates (subject to hydrolysis) is 1. The van der Waals surface area contributed by atoms with Gasteiger partial charge in [-0.2, -0.15) is 13.2 Å². The Morgan fingerprint density at radius 1 is 1.15 bits per heavy atom. The normalized spacial score (nSPS) is 29.2. The molecule has 3 N–H and O–H groups in total. The smallest absolute Gasteiger partial charge is 0.427 e. The molecule has 0 spiro atoms. The summed E-state index contributed by atoms with van der Waals surface area (Å²) < 4.78 is 85.5. The van der Waals surface area contributed by atoms with E-state index in [1.807, 2.05) is 13.0 Å². The summed E-state index contributed by atoms with van der Waals surface area (Å²) in [5.74, 6) is -3.14. The van der Waals surface area contributed by atoms with Crippen LogP contribution in [0.1, 0.15) is 86.0 Å². The van der Waals surface area contributed by atoms with Gasteiger partial charge >= 0.3 is 12.3 Å². The number of alkyl halides is 3. The van der Waals surface area contributed by atoms with Crippen molar-refractivity contribution < 1.29 is 55.0 Å². The van der Waals surface area contributed by atoms with Crippen molar-refractivity contribution in [1.29, 1.82) is 0 Å². The zero-order chi connectivity index (χ0) is 43.3. The molecular weight excluding hydrogens is 819 g/mol. The Kier molecular flexibility index (Phi) is 12.2. The molecule has 2 saturated carbocycles. The van der Waals surface area contributed by atoms with E-state index in [4.69, 9.17) is 25.8 Å². The number of allylic oxidation sites excluding steroid dienone is 1. The third kappa shape index (κ3) is 9.08. The number of rotatable bonds is 9. The van der Waals surface area contributed by atoms with Gasteiger partial charge in [-0.15, -0.1) is 0 Å². The van der Waals surface area contributed by atoms with Gasteiger partial charge in [-0.3, -0.25) is 19.1 Å². The molecule has 1 unspecified atom stereocenters. The fraction of sp³-hybridized carbons (Fsp3) is 0.625. The molecule has 2 aliphatic carbocycles. The number of hydrogen-bond acceptors (Lipinski definition) is 10. The molecule has 7 atom stereocenters. The first-order valence-corrected chi connectivity index (χ1v) is 21.6. The van der Waals surface area contributed by atoms with Gasteiger partial charge in [0.25, 0.3) is 5.91 Å². The summed E-state index contributed by atoms with van der Waals surface area (Å²) in [5.41, 5.74) is -4.55. The van der Waals surface area contributed by atoms with E-state index < -0.39 is 85.9 Å². The minimum atomic E-state index is -4.92. The van der Waals surface area contributed by atoms with Crippen LogP contribution in [0.2, 0.25) is 5.02 Å². The quantitative estimate of drug-likeness (QED) is 0.255. The number of amides is 4. The van der Waals surface area contributed by atoms with Gasteiger partial charge in [0.2, 0.25) is 33.3 Å². The molecule has 0 bridgehead atoms. The number of sulfonamides is 1. The second kappa shape index (κ2) is 16.3. The van der Waals surface area contributed by atoms with Gasteiger partial charge in [0, 0.05) is 23.9 Å². The maximum absolute atomic E-state index is 14.9. The van der Waals surface area contributed by atoms with Crippen LogP contribution in [0.15, 0.2) is 36.5 Å².